The zero-order valence-electron chi connectivity index (χ0n) is 14.3. The summed E-state index contributed by atoms with van der Waals surface area (Å²) in [4.78, 5) is 14.3. The van der Waals surface area contributed by atoms with Crippen molar-refractivity contribution in [3.05, 3.63) is 29.8 Å². The first-order chi connectivity index (χ1) is 11.2. The second-order valence-corrected chi connectivity index (χ2v) is 5.89. The molecular weight excluding hydrogens is 290 g/mol. The van der Waals surface area contributed by atoms with E-state index in [0.717, 1.165) is 50.3 Å². The van der Waals surface area contributed by atoms with Crippen molar-refractivity contribution in [2.24, 2.45) is 0 Å². The highest BCUT2D eigenvalue weighted by atomic mass is 16.5. The van der Waals surface area contributed by atoms with Crippen LogP contribution in [-0.4, -0.2) is 49.6 Å². The van der Waals surface area contributed by atoms with Crippen LogP contribution in [0.3, 0.4) is 0 Å². The molecule has 1 aromatic rings. The molecule has 1 saturated heterocycles. The van der Waals surface area contributed by atoms with Gasteiger partial charge < -0.3 is 20.3 Å². The van der Waals surface area contributed by atoms with Crippen LogP contribution in [-0.2, 0) is 11.3 Å². The van der Waals surface area contributed by atoms with Gasteiger partial charge in [0.25, 0.3) is 0 Å². The quantitative estimate of drug-likeness (QED) is 0.728. The summed E-state index contributed by atoms with van der Waals surface area (Å²) >= 11 is 0. The largest absolute Gasteiger partial charge is 0.492 e. The molecule has 2 N–H and O–H groups in total. The van der Waals surface area contributed by atoms with Crippen LogP contribution < -0.4 is 15.4 Å². The molecule has 0 saturated carbocycles. The molecule has 5 nitrogen and oxygen atoms in total. The number of rotatable bonds is 9. The summed E-state index contributed by atoms with van der Waals surface area (Å²) in [5.41, 5.74) is 1.09. The van der Waals surface area contributed by atoms with Gasteiger partial charge in [0, 0.05) is 13.1 Å². The monoisotopic (exact) mass is 319 g/mol. The van der Waals surface area contributed by atoms with E-state index in [1.807, 2.05) is 24.3 Å². The van der Waals surface area contributed by atoms with E-state index >= 15 is 0 Å². The predicted octanol–water partition coefficient (Wildman–Crippen LogP) is 1.78. The maximum Gasteiger partial charge on any atom is 0.237 e. The second-order valence-electron chi connectivity index (χ2n) is 5.89. The maximum absolute atomic E-state index is 11.9. The van der Waals surface area contributed by atoms with Crippen LogP contribution in [0.5, 0.6) is 5.75 Å². The van der Waals surface area contributed by atoms with Crippen LogP contribution in [0.25, 0.3) is 0 Å². The molecule has 23 heavy (non-hydrogen) atoms. The van der Waals surface area contributed by atoms with Crippen LogP contribution in [0, 0.1) is 0 Å². The van der Waals surface area contributed by atoms with Crippen LogP contribution in [0.15, 0.2) is 24.3 Å². The number of amides is 1. The molecule has 0 aromatic heterocycles. The standard InChI is InChI=1S/C18H29N3O2/c1-3-21(4-2)12-13-23-16-9-7-15(8-10-16)14-20-18(22)17-6-5-11-19-17/h7-10,17,19H,3-6,11-14H2,1-2H3,(H,20,22)/t17-/m0/s1. The summed E-state index contributed by atoms with van der Waals surface area (Å²) in [7, 11) is 0. The lowest BCUT2D eigenvalue weighted by Gasteiger charge is -2.18. The molecule has 128 valence electrons. The Bertz CT molecular complexity index is 466. The molecule has 2 rings (SSSR count). The number of nitrogens with one attached hydrogen (secondary N) is 2. The first-order valence-electron chi connectivity index (χ1n) is 8.68. The van der Waals surface area contributed by atoms with Crippen LogP contribution in [0.4, 0.5) is 0 Å². The van der Waals surface area contributed by atoms with Gasteiger partial charge in [-0.2, -0.15) is 0 Å². The van der Waals surface area contributed by atoms with Gasteiger partial charge in [-0.3, -0.25) is 4.79 Å². The number of hydrogen-bond acceptors (Lipinski definition) is 4. The Balaban J connectivity index is 1.70. The first kappa shape index (κ1) is 17.8. The van der Waals surface area contributed by atoms with E-state index in [4.69, 9.17) is 4.74 Å². The Kier molecular flexibility index (Phi) is 7.36. The molecule has 0 radical (unpaired) electrons. The summed E-state index contributed by atoms with van der Waals surface area (Å²) in [5, 5.41) is 6.19. The molecule has 0 unspecified atom stereocenters. The lowest BCUT2D eigenvalue weighted by atomic mass is 10.2. The molecule has 5 heteroatoms. The minimum absolute atomic E-state index is 0.0160. The number of likely N-dealkylation sites (N-methyl/N-ethyl adjacent to an activating group) is 1. The van der Waals surface area contributed by atoms with Gasteiger partial charge in [-0.05, 0) is 50.2 Å². The summed E-state index contributed by atoms with van der Waals surface area (Å²) in [6.07, 6.45) is 2.02. The lowest BCUT2D eigenvalue weighted by Crippen LogP contribution is -2.39. The lowest BCUT2D eigenvalue weighted by molar-refractivity contribution is -0.122. The Hall–Kier alpha value is -1.59. The smallest absolute Gasteiger partial charge is 0.237 e. The second kappa shape index (κ2) is 9.53. The van der Waals surface area contributed by atoms with Gasteiger partial charge >= 0.3 is 0 Å². The number of nitrogens with zero attached hydrogens (tertiary/aromatic N) is 1. The number of ether oxygens (including phenoxy) is 1. The van der Waals surface area contributed by atoms with Crippen molar-refractivity contribution in [1.82, 2.24) is 15.5 Å². The third-order valence-electron chi connectivity index (χ3n) is 4.34. The van der Waals surface area contributed by atoms with Crippen molar-refractivity contribution < 1.29 is 9.53 Å². The molecule has 1 aromatic carbocycles. The molecule has 1 atom stereocenters. The first-order valence-corrected chi connectivity index (χ1v) is 8.68. The normalized spacial score (nSPS) is 17.4. The zero-order chi connectivity index (χ0) is 16.5. The fourth-order valence-corrected chi connectivity index (χ4v) is 2.76. The Labute approximate surface area is 139 Å². The van der Waals surface area contributed by atoms with Gasteiger partial charge in [-0.1, -0.05) is 26.0 Å². The van der Waals surface area contributed by atoms with Gasteiger partial charge in [0.2, 0.25) is 5.91 Å². The molecule has 1 aliphatic rings. The van der Waals surface area contributed by atoms with Gasteiger partial charge in [0.15, 0.2) is 0 Å². The van der Waals surface area contributed by atoms with Crippen LogP contribution in [0.2, 0.25) is 0 Å². The summed E-state index contributed by atoms with van der Waals surface area (Å²) in [5.74, 6) is 0.978. The topological polar surface area (TPSA) is 53.6 Å². The van der Waals surface area contributed by atoms with E-state index in [2.05, 4.69) is 29.4 Å². The molecule has 1 aliphatic heterocycles. The Morgan fingerprint density at radius 3 is 2.65 bits per heavy atom. The number of benzene rings is 1. The van der Waals surface area contributed by atoms with E-state index < -0.39 is 0 Å². The van der Waals surface area contributed by atoms with Gasteiger partial charge in [0.1, 0.15) is 12.4 Å². The fourth-order valence-electron chi connectivity index (χ4n) is 2.76. The highest BCUT2D eigenvalue weighted by molar-refractivity contribution is 5.81. The van der Waals surface area contributed by atoms with E-state index in [1.165, 1.54) is 0 Å². The predicted molar refractivity (Wildman–Crippen MR) is 92.6 cm³/mol. The van der Waals surface area contributed by atoms with E-state index in [9.17, 15) is 4.79 Å². The van der Waals surface area contributed by atoms with Crippen molar-refractivity contribution >= 4 is 5.91 Å². The summed E-state index contributed by atoms with van der Waals surface area (Å²) in [6, 6.07) is 7.94. The third-order valence-corrected chi connectivity index (χ3v) is 4.34. The molecule has 0 aliphatic carbocycles. The Morgan fingerprint density at radius 1 is 1.30 bits per heavy atom. The minimum atomic E-state index is -0.0160. The van der Waals surface area contributed by atoms with Crippen molar-refractivity contribution in [2.75, 3.05) is 32.8 Å². The fraction of sp³-hybridized carbons (Fsp3) is 0.611. The third kappa shape index (κ3) is 5.84. The SMILES string of the molecule is CCN(CC)CCOc1ccc(CNC(=O)[C@@H]2CCCN2)cc1. The maximum atomic E-state index is 11.9. The van der Waals surface area contributed by atoms with Gasteiger partial charge in [-0.15, -0.1) is 0 Å². The highest BCUT2D eigenvalue weighted by Crippen LogP contribution is 2.12. The minimum Gasteiger partial charge on any atom is -0.492 e. The molecular formula is C18H29N3O2. The molecule has 0 bridgehead atoms. The molecule has 0 spiro atoms. The zero-order valence-corrected chi connectivity index (χ0v) is 14.3. The number of hydrogen-bond donors (Lipinski definition) is 2. The van der Waals surface area contributed by atoms with Crippen molar-refractivity contribution in [2.45, 2.75) is 39.3 Å². The van der Waals surface area contributed by atoms with Crippen molar-refractivity contribution in [3.8, 4) is 5.75 Å². The highest BCUT2D eigenvalue weighted by Gasteiger charge is 2.21. The average molecular weight is 319 g/mol. The summed E-state index contributed by atoms with van der Waals surface area (Å²) < 4.78 is 5.76. The Morgan fingerprint density at radius 2 is 2.04 bits per heavy atom. The molecule has 1 amide bonds. The van der Waals surface area contributed by atoms with Gasteiger partial charge in [-0.25, -0.2) is 0 Å². The van der Waals surface area contributed by atoms with Crippen molar-refractivity contribution in [1.29, 1.82) is 0 Å². The summed E-state index contributed by atoms with van der Waals surface area (Å²) in [6.45, 7) is 9.57. The van der Waals surface area contributed by atoms with E-state index in [0.29, 0.717) is 13.2 Å². The van der Waals surface area contributed by atoms with Crippen molar-refractivity contribution in [3.63, 3.8) is 0 Å². The van der Waals surface area contributed by atoms with E-state index in [-0.39, 0.29) is 11.9 Å². The average Bonchev–Trinajstić information content (AvgIpc) is 3.12. The molecule has 1 heterocycles. The van der Waals surface area contributed by atoms with Crippen LogP contribution in [0.1, 0.15) is 32.3 Å². The number of carbonyl (C=O) groups is 1. The van der Waals surface area contributed by atoms with Gasteiger partial charge in [0.05, 0.1) is 6.04 Å². The van der Waals surface area contributed by atoms with E-state index in [1.54, 1.807) is 0 Å². The number of carbonyl (C=O) groups excluding carboxylic acids is 1. The molecule has 1 fully saturated rings. The van der Waals surface area contributed by atoms with Crippen LogP contribution >= 0.6 is 0 Å².